The van der Waals surface area contributed by atoms with Crippen LogP contribution in [0.15, 0.2) is 36.7 Å². The van der Waals surface area contributed by atoms with Crippen molar-refractivity contribution in [3.8, 4) is 0 Å². The molecule has 0 atom stereocenters. The normalized spacial score (nSPS) is 10.4. The molecule has 3 nitrogen and oxygen atoms in total. The predicted molar refractivity (Wildman–Crippen MR) is 62.5 cm³/mol. The summed E-state index contributed by atoms with van der Waals surface area (Å²) in [4.78, 5) is 16.1. The molecular weight excluding hydrogens is 200 g/mol. The molecule has 0 amide bonds. The summed E-state index contributed by atoms with van der Waals surface area (Å²) >= 11 is 0. The van der Waals surface area contributed by atoms with Gasteiger partial charge in [0, 0.05) is 25.0 Å². The van der Waals surface area contributed by atoms with E-state index in [4.69, 9.17) is 0 Å². The van der Waals surface area contributed by atoms with E-state index in [1.165, 1.54) is 5.56 Å². The van der Waals surface area contributed by atoms with Crippen LogP contribution in [-0.4, -0.2) is 15.3 Å². The molecule has 0 aliphatic carbocycles. The Morgan fingerprint density at radius 1 is 1.31 bits per heavy atom. The molecule has 2 rings (SSSR count). The maximum absolute atomic E-state index is 12.0. The molecule has 1 aromatic heterocycles. The van der Waals surface area contributed by atoms with Gasteiger partial charge in [0.1, 0.15) is 0 Å². The zero-order chi connectivity index (χ0) is 11.5. The van der Waals surface area contributed by atoms with Gasteiger partial charge in [0.25, 0.3) is 0 Å². The molecule has 0 N–H and O–H groups in total. The molecule has 0 bridgehead atoms. The fourth-order valence-corrected chi connectivity index (χ4v) is 1.61. The lowest BCUT2D eigenvalue weighted by Crippen LogP contribution is -2.08. The molecule has 0 aliphatic heterocycles. The monoisotopic (exact) mass is 214 g/mol. The zero-order valence-corrected chi connectivity index (χ0v) is 9.47. The second kappa shape index (κ2) is 4.31. The maximum atomic E-state index is 12.0. The molecule has 3 heteroatoms. The van der Waals surface area contributed by atoms with Crippen molar-refractivity contribution in [2.75, 3.05) is 0 Å². The Morgan fingerprint density at radius 2 is 2.00 bits per heavy atom. The lowest BCUT2D eigenvalue weighted by molar-refractivity contribution is 0.102. The van der Waals surface area contributed by atoms with Crippen molar-refractivity contribution in [2.45, 2.75) is 13.3 Å². The second-order valence-corrected chi connectivity index (χ2v) is 3.74. The molecule has 0 aliphatic rings. The fraction of sp³-hybridized carbons (Fsp3) is 0.231. The van der Waals surface area contributed by atoms with Crippen LogP contribution in [0.3, 0.4) is 0 Å². The van der Waals surface area contributed by atoms with E-state index in [2.05, 4.69) is 11.9 Å². The third-order valence-corrected chi connectivity index (χ3v) is 2.65. The lowest BCUT2D eigenvalue weighted by atomic mass is 10.1. The van der Waals surface area contributed by atoms with Gasteiger partial charge in [-0.15, -0.1) is 0 Å². The van der Waals surface area contributed by atoms with Gasteiger partial charge in [-0.1, -0.05) is 31.2 Å². The van der Waals surface area contributed by atoms with Crippen molar-refractivity contribution in [2.24, 2.45) is 7.05 Å². The molecule has 16 heavy (non-hydrogen) atoms. The van der Waals surface area contributed by atoms with Crippen LogP contribution in [0.4, 0.5) is 0 Å². The third kappa shape index (κ3) is 1.89. The molecule has 1 heterocycles. The van der Waals surface area contributed by atoms with Gasteiger partial charge in [-0.2, -0.15) is 0 Å². The summed E-state index contributed by atoms with van der Waals surface area (Å²) in [6, 6.07) is 7.68. The van der Waals surface area contributed by atoms with E-state index in [-0.39, 0.29) is 5.78 Å². The van der Waals surface area contributed by atoms with Gasteiger partial charge in [0.15, 0.2) is 5.82 Å². The van der Waals surface area contributed by atoms with Crippen molar-refractivity contribution >= 4 is 5.78 Å². The molecule has 2 aromatic rings. The minimum atomic E-state index is -0.0323. The number of ketones is 1. The Bertz CT molecular complexity index is 497. The van der Waals surface area contributed by atoms with Crippen molar-refractivity contribution in [3.63, 3.8) is 0 Å². The van der Waals surface area contributed by atoms with Crippen LogP contribution in [0.2, 0.25) is 0 Å². The summed E-state index contributed by atoms with van der Waals surface area (Å²) in [5, 5.41) is 0. The van der Waals surface area contributed by atoms with Gasteiger partial charge < -0.3 is 4.57 Å². The van der Waals surface area contributed by atoms with E-state index in [0.717, 1.165) is 6.42 Å². The van der Waals surface area contributed by atoms with Crippen LogP contribution in [0, 0.1) is 0 Å². The highest BCUT2D eigenvalue weighted by molar-refractivity contribution is 6.06. The van der Waals surface area contributed by atoms with Gasteiger partial charge >= 0.3 is 0 Å². The van der Waals surface area contributed by atoms with Crippen molar-refractivity contribution < 1.29 is 4.79 Å². The van der Waals surface area contributed by atoms with Crippen LogP contribution >= 0.6 is 0 Å². The quantitative estimate of drug-likeness (QED) is 0.734. The van der Waals surface area contributed by atoms with Gasteiger partial charge in [0.05, 0.1) is 0 Å². The van der Waals surface area contributed by atoms with Crippen LogP contribution in [0.1, 0.15) is 28.7 Å². The van der Waals surface area contributed by atoms with Crippen molar-refractivity contribution in [3.05, 3.63) is 53.6 Å². The minimum absolute atomic E-state index is 0.0323. The zero-order valence-electron chi connectivity index (χ0n) is 9.47. The summed E-state index contributed by atoms with van der Waals surface area (Å²) in [5.41, 5.74) is 1.92. The number of hydrogen-bond acceptors (Lipinski definition) is 2. The highest BCUT2D eigenvalue weighted by atomic mass is 16.1. The molecule has 0 saturated carbocycles. The third-order valence-electron chi connectivity index (χ3n) is 2.65. The molecule has 0 unspecified atom stereocenters. The van der Waals surface area contributed by atoms with Crippen LogP contribution in [0.25, 0.3) is 0 Å². The first-order chi connectivity index (χ1) is 7.72. The van der Waals surface area contributed by atoms with Gasteiger partial charge in [-0.05, 0) is 12.0 Å². The summed E-state index contributed by atoms with van der Waals surface area (Å²) in [5.74, 6) is 0.444. The number of carbonyl (C=O) groups excluding carboxylic acids is 1. The van der Waals surface area contributed by atoms with E-state index in [1.54, 1.807) is 17.0 Å². The smallest absolute Gasteiger partial charge is 0.228 e. The average molecular weight is 214 g/mol. The molecule has 0 radical (unpaired) electrons. The molecule has 0 spiro atoms. The molecule has 0 fully saturated rings. The average Bonchev–Trinajstić information content (AvgIpc) is 2.75. The Labute approximate surface area is 94.7 Å². The summed E-state index contributed by atoms with van der Waals surface area (Å²) in [6.07, 6.45) is 4.39. The number of benzene rings is 1. The molecule has 0 saturated heterocycles. The van der Waals surface area contributed by atoms with E-state index in [9.17, 15) is 4.79 Å². The number of carbonyl (C=O) groups is 1. The largest absolute Gasteiger partial charge is 0.331 e. The summed E-state index contributed by atoms with van der Waals surface area (Å²) in [6.45, 7) is 2.09. The number of aromatic nitrogens is 2. The number of hydrogen-bond donors (Lipinski definition) is 0. The number of rotatable bonds is 3. The van der Waals surface area contributed by atoms with E-state index in [1.807, 2.05) is 31.3 Å². The van der Waals surface area contributed by atoms with Crippen molar-refractivity contribution in [1.82, 2.24) is 9.55 Å². The predicted octanol–water partition coefficient (Wildman–Crippen LogP) is 2.21. The molecule has 82 valence electrons. The fourth-order valence-electron chi connectivity index (χ4n) is 1.61. The first-order valence-corrected chi connectivity index (χ1v) is 5.33. The van der Waals surface area contributed by atoms with Crippen LogP contribution in [-0.2, 0) is 13.5 Å². The van der Waals surface area contributed by atoms with E-state index >= 15 is 0 Å². The Kier molecular flexibility index (Phi) is 2.86. The second-order valence-electron chi connectivity index (χ2n) is 3.74. The van der Waals surface area contributed by atoms with E-state index < -0.39 is 0 Å². The lowest BCUT2D eigenvalue weighted by Gasteiger charge is -2.02. The van der Waals surface area contributed by atoms with Crippen LogP contribution < -0.4 is 0 Å². The summed E-state index contributed by atoms with van der Waals surface area (Å²) < 4.78 is 1.73. The van der Waals surface area contributed by atoms with Gasteiger partial charge in [-0.25, -0.2) is 4.98 Å². The Morgan fingerprint density at radius 3 is 2.50 bits per heavy atom. The number of aryl methyl sites for hydroxylation is 2. The highest BCUT2D eigenvalue weighted by Gasteiger charge is 2.12. The van der Waals surface area contributed by atoms with Gasteiger partial charge in [-0.3, -0.25) is 4.79 Å². The number of imidazole rings is 1. The van der Waals surface area contributed by atoms with E-state index in [0.29, 0.717) is 11.4 Å². The maximum Gasteiger partial charge on any atom is 0.228 e. The Hall–Kier alpha value is -1.90. The highest BCUT2D eigenvalue weighted by Crippen LogP contribution is 2.09. The van der Waals surface area contributed by atoms with Crippen molar-refractivity contribution in [1.29, 1.82) is 0 Å². The molecule has 1 aromatic carbocycles. The first kappa shape index (κ1) is 10.6. The van der Waals surface area contributed by atoms with Crippen LogP contribution in [0.5, 0.6) is 0 Å². The first-order valence-electron chi connectivity index (χ1n) is 5.33. The minimum Gasteiger partial charge on any atom is -0.331 e. The topological polar surface area (TPSA) is 34.9 Å². The molecular formula is C13H14N2O. The SMILES string of the molecule is CCc1ccc(C(=O)c2nccn2C)cc1. The number of nitrogens with zero attached hydrogens (tertiary/aromatic N) is 2. The summed E-state index contributed by atoms with van der Waals surface area (Å²) in [7, 11) is 1.82. The standard InChI is InChI=1S/C13H14N2O/c1-3-10-4-6-11(7-5-10)12(16)13-14-8-9-15(13)2/h4-9H,3H2,1-2H3. The Balaban J connectivity index is 2.31. The van der Waals surface area contributed by atoms with Gasteiger partial charge in [0.2, 0.25) is 5.78 Å².